The molecule has 113 heavy (non-hydrogen) atoms. The Bertz CT molecular complexity index is 4090. The average Bonchev–Trinajstić information content (AvgIpc) is 0.921. The normalized spacial score (nSPS) is 19.9. The van der Waals surface area contributed by atoms with E-state index in [0.29, 0.717) is 89.0 Å². The maximum absolute atomic E-state index is 13.6. The minimum atomic E-state index is -5.04. The van der Waals surface area contributed by atoms with Crippen molar-refractivity contribution in [1.29, 1.82) is 0 Å². The van der Waals surface area contributed by atoms with Gasteiger partial charge in [-0.25, -0.2) is 42.4 Å². The largest absolute Gasteiger partial charge is 0.452 e. The number of benzene rings is 6. The molecule has 22 nitrogen and oxygen atoms in total. The van der Waals surface area contributed by atoms with Crippen LogP contribution in [-0.2, 0) is 80.8 Å². The molecule has 0 spiro atoms. The zero-order valence-electron chi connectivity index (χ0n) is 60.4. The van der Waals surface area contributed by atoms with Gasteiger partial charge in [-0.2, -0.15) is 62.9 Å². The number of methoxy groups -OCH3 is 1. The van der Waals surface area contributed by atoms with Crippen LogP contribution in [0.1, 0.15) is 137 Å². The summed E-state index contributed by atoms with van der Waals surface area (Å²) in [6, 6.07) is 22.1. The Balaban J connectivity index is 0.000000249. The quantitative estimate of drug-likeness (QED) is 0.0116. The van der Waals surface area contributed by atoms with Crippen molar-refractivity contribution < 1.29 is 133 Å². The summed E-state index contributed by atoms with van der Waals surface area (Å²) in [5, 5.41) is 26.4. The highest BCUT2D eigenvalue weighted by molar-refractivity contribution is 6.28. The molecular weight excluding hydrogens is 1590 g/mol. The van der Waals surface area contributed by atoms with E-state index in [1.54, 1.807) is 41.7 Å². The van der Waals surface area contributed by atoms with Gasteiger partial charge in [0, 0.05) is 33.1 Å². The number of morpholine rings is 3. The second-order valence-electron chi connectivity index (χ2n) is 25.2. The minimum absolute atomic E-state index is 0. The maximum atomic E-state index is 13.6. The molecule has 0 saturated carbocycles. The number of carbonyl (C=O) groups excluding carboxylic acids is 3. The average molecular weight is 1670 g/mol. The van der Waals surface area contributed by atoms with Gasteiger partial charge in [0.15, 0.2) is 18.9 Å². The van der Waals surface area contributed by atoms with Gasteiger partial charge in [0.2, 0.25) is 5.91 Å². The second-order valence-corrected chi connectivity index (χ2v) is 25.4. The molecule has 0 bridgehead atoms. The molecular formula is C72H79Cl2F17N11O11+. The Morgan fingerprint density at radius 2 is 1.04 bits per heavy atom. The van der Waals surface area contributed by atoms with Gasteiger partial charge in [-0.3, -0.25) is 25.2 Å². The topological polar surface area (TPSA) is 270 Å². The summed E-state index contributed by atoms with van der Waals surface area (Å²) in [5.74, 6) is -2.11. The number of hydrazine groups is 1. The van der Waals surface area contributed by atoms with Gasteiger partial charge in [0.25, 0.3) is 5.84 Å². The summed E-state index contributed by atoms with van der Waals surface area (Å²) in [5.41, 5.74) is 8.65. The fourth-order valence-electron chi connectivity index (χ4n) is 11.6. The van der Waals surface area contributed by atoms with E-state index in [1.807, 2.05) is 5.43 Å². The number of nitrogens with two attached hydrogens (primary N) is 2. The zero-order chi connectivity index (χ0) is 82.6. The number of alkyl halides is 15. The first-order valence-electron chi connectivity index (χ1n) is 33.7. The van der Waals surface area contributed by atoms with Crippen LogP contribution in [-0.4, -0.2) is 140 Å². The van der Waals surface area contributed by atoms with Crippen molar-refractivity contribution in [2.45, 2.75) is 127 Å². The summed E-state index contributed by atoms with van der Waals surface area (Å²) >= 11 is 5.23. The van der Waals surface area contributed by atoms with Crippen molar-refractivity contribution in [2.24, 2.45) is 15.9 Å². The molecule has 3 saturated heterocycles. The molecule has 4 aliphatic heterocycles. The van der Waals surface area contributed by atoms with Crippen LogP contribution in [0.3, 0.4) is 0 Å². The van der Waals surface area contributed by atoms with Gasteiger partial charge >= 0.3 is 36.7 Å². The Kier molecular flexibility index (Phi) is 34.7. The van der Waals surface area contributed by atoms with Crippen molar-refractivity contribution in [2.75, 3.05) is 65.5 Å². The molecule has 6 aromatic carbocycles. The molecule has 0 aliphatic carbocycles. The fourth-order valence-corrected chi connectivity index (χ4v) is 11.7. The lowest BCUT2D eigenvalue weighted by atomic mass is 10.0. The zero-order valence-corrected chi connectivity index (χ0v) is 62.0. The summed E-state index contributed by atoms with van der Waals surface area (Å²) in [4.78, 5) is 37.3. The van der Waals surface area contributed by atoms with Crippen molar-refractivity contribution in [3.05, 3.63) is 212 Å². The smallest absolute Gasteiger partial charge is 0.427 e. The van der Waals surface area contributed by atoms with Crippen LogP contribution >= 0.6 is 24.0 Å². The molecule has 0 aromatic heterocycles. The monoisotopic (exact) mass is 1670 g/mol. The van der Waals surface area contributed by atoms with E-state index in [1.165, 1.54) is 75.6 Å². The van der Waals surface area contributed by atoms with Gasteiger partial charge in [-0.05, 0) is 144 Å². The Morgan fingerprint density at radius 1 is 0.646 bits per heavy atom. The lowest BCUT2D eigenvalue weighted by Crippen LogP contribution is -2.62. The highest BCUT2D eigenvalue weighted by Gasteiger charge is 2.43. The van der Waals surface area contributed by atoms with E-state index in [4.69, 9.17) is 51.2 Å². The van der Waals surface area contributed by atoms with Crippen LogP contribution in [0.4, 0.5) is 79.4 Å². The van der Waals surface area contributed by atoms with Gasteiger partial charge in [-0.15, -0.1) is 24.0 Å². The number of halogens is 19. The molecule has 9 N–H and O–H groups in total. The number of amides is 3. The van der Waals surface area contributed by atoms with E-state index < -0.39 is 145 Å². The highest BCUT2D eigenvalue weighted by Crippen LogP contribution is 2.43. The third-order valence-electron chi connectivity index (χ3n) is 17.1. The van der Waals surface area contributed by atoms with Gasteiger partial charge in [0.05, 0.1) is 104 Å². The maximum Gasteiger partial charge on any atom is 0.427 e. The minimum Gasteiger partial charge on any atom is -0.452 e. The van der Waals surface area contributed by atoms with Crippen LogP contribution < -0.4 is 32.9 Å². The van der Waals surface area contributed by atoms with Crippen LogP contribution in [0.5, 0.6) is 0 Å². The Labute approximate surface area is 646 Å². The number of ether oxygens (including phenoxy) is 7. The molecule has 0 radical (unpaired) electrons. The lowest BCUT2D eigenvalue weighted by Gasteiger charge is -2.42. The lowest BCUT2D eigenvalue weighted by molar-refractivity contribution is -0.230. The Morgan fingerprint density at radius 3 is 1.42 bits per heavy atom. The van der Waals surface area contributed by atoms with Crippen LogP contribution in [0.2, 0.25) is 0 Å². The summed E-state index contributed by atoms with van der Waals surface area (Å²) < 4.78 is 265. The molecule has 1 unspecified atom stereocenters. The third kappa shape index (κ3) is 27.5. The van der Waals surface area contributed by atoms with E-state index in [9.17, 15) is 94.2 Å². The first-order valence-corrected chi connectivity index (χ1v) is 34.3. The summed E-state index contributed by atoms with van der Waals surface area (Å²) in [6.45, 7) is 6.21. The molecule has 6 aromatic rings. The molecule has 4 heterocycles. The standard InChI is InChI=1S/C24H25F7N4O4.C24H26F3N3O3.C20H18F7NO2.C4H8ClN3O2.ClH/c1-13(16-9-17(23(26,27)28)11-18(10-16)24(29,30)31)39-22-21(15-3-5-19(25)6-4-15)34(7-8-38-22)12-20(32)35(33-37)14(2)36;1-15(19-9-16(12-25)8-17(10-19)13-26)33-24-23(18-2-4-20(27)5-3-18)30(6-7-32-24)14-21-11-22(31)29-28-21;1-11(13-8-14(19(22,23)24)10-15(9-13)20(25,26)27)30-18-17(28-6-7-29-18)12-2-4-16(21)5-3-12;1-10-4(9)8-7-3(6)2-5;/h3-6,9-11,13,21-22,32-33,37H,7-8,12H2,1-2H3;2-5,8-10,15,23-24H,6-7,11-14H2,1H3,(H,29,31);2-5,8-11,17-18,28H,6-7H2,1H3;2H2,1H3,(H2,6,7)(H,8,9);1H/p+1/t13-,21+,22-;15-,23+,24-;11-,17?,18-;;/m111../s1. The number of rotatable bonds is 21. The molecule has 3 fully saturated rings. The van der Waals surface area contributed by atoms with Gasteiger partial charge in [0.1, 0.15) is 43.2 Å². The number of nitrogens with one attached hydrogen (secondary N) is 4. The molecule has 41 heteroatoms. The number of hydrogen-bond donors (Lipinski definition) is 7. The first kappa shape index (κ1) is 93.2. The molecule has 9 atom stereocenters. The summed E-state index contributed by atoms with van der Waals surface area (Å²) in [7, 11) is 1.22. The Hall–Kier alpha value is -8.71. The predicted octanol–water partition coefficient (Wildman–Crippen LogP) is 13.3. The van der Waals surface area contributed by atoms with Crippen LogP contribution in [0.15, 0.2) is 138 Å². The highest BCUT2D eigenvalue weighted by atomic mass is 35.5. The molecule has 10 rings (SSSR count). The van der Waals surface area contributed by atoms with Crippen molar-refractivity contribution >= 4 is 59.3 Å². The second kappa shape index (κ2) is 42.1. The van der Waals surface area contributed by atoms with E-state index >= 15 is 0 Å². The van der Waals surface area contributed by atoms with E-state index in [0.717, 1.165) is 24.6 Å². The van der Waals surface area contributed by atoms with E-state index in [2.05, 4.69) is 30.6 Å². The number of hydrogen-bond acceptors (Lipinski definition) is 17. The number of carbonyl (C=O) groups is 3. The number of nitrogens with zero attached hydrogens (tertiary/aromatic N) is 5. The van der Waals surface area contributed by atoms with Crippen LogP contribution in [0, 0.1) is 17.5 Å². The molecule has 3 amide bonds. The van der Waals surface area contributed by atoms with Crippen molar-refractivity contribution in [3.8, 4) is 0 Å². The van der Waals surface area contributed by atoms with Gasteiger partial charge < -0.3 is 44.2 Å². The number of hydrazone groups is 2. The molecule has 620 valence electrons. The van der Waals surface area contributed by atoms with Crippen molar-refractivity contribution in [3.63, 3.8) is 0 Å². The fraction of sp³-hybridized carbons (Fsp3) is 0.417. The first-order chi connectivity index (χ1) is 52.7. The van der Waals surface area contributed by atoms with Crippen LogP contribution in [0.25, 0.3) is 0 Å². The van der Waals surface area contributed by atoms with Crippen molar-refractivity contribution in [1.82, 2.24) is 36.6 Å². The van der Waals surface area contributed by atoms with Gasteiger partial charge in [-0.1, -0.05) is 59.6 Å². The summed E-state index contributed by atoms with van der Waals surface area (Å²) in [6.07, 6.45) is -26.4. The number of amidine groups is 2. The predicted molar refractivity (Wildman–Crippen MR) is 375 cm³/mol. The SMILES string of the molecule is CC(=O)N(NO)C(=[NH2+])CN1CCO[C@H](O[C@H](C)c2cc(C(F)(F)F)cc(C(F)(F)F)c2)[C@@H]1c1ccc(F)cc1.COC(=O)N/N=C(/N)CCl.C[C@@H](O[C@H]1OCCN(CC2=NNC(=O)C2)[C@H]1c1ccc(F)cc1)c1cc(CF)cc(CF)c1.C[C@@H](O[C@H]1OCCNC1c1ccc(F)cc1)c1cc(C(F)(F)F)cc(C(F)(F)F)c1.Cl. The van der Waals surface area contributed by atoms with E-state index in [-0.39, 0.29) is 92.1 Å². The third-order valence-corrected chi connectivity index (χ3v) is 17.4. The molecule has 4 aliphatic rings.